The highest BCUT2D eigenvalue weighted by atomic mass is 32.2. The molecule has 0 saturated carbocycles. The van der Waals surface area contributed by atoms with Crippen molar-refractivity contribution in [1.82, 2.24) is 0 Å². The number of hydrogen-bond acceptors (Lipinski definition) is 5. The van der Waals surface area contributed by atoms with Crippen LogP contribution in [0.3, 0.4) is 0 Å². The van der Waals surface area contributed by atoms with E-state index in [1.807, 2.05) is 56.3 Å². The zero-order valence-corrected chi connectivity index (χ0v) is 15.8. The van der Waals surface area contributed by atoms with E-state index < -0.39 is 0 Å². The second-order valence-electron chi connectivity index (χ2n) is 5.53. The zero-order valence-electron chi connectivity index (χ0n) is 14.2. The van der Waals surface area contributed by atoms with Gasteiger partial charge < -0.3 is 4.74 Å². The van der Waals surface area contributed by atoms with E-state index in [2.05, 4.69) is 17.1 Å². The molecule has 3 rings (SSSR count). The fourth-order valence-electron chi connectivity index (χ4n) is 2.41. The van der Waals surface area contributed by atoms with E-state index in [1.54, 1.807) is 11.8 Å². The molecule has 1 aliphatic rings. The summed E-state index contributed by atoms with van der Waals surface area (Å²) in [4.78, 5) is 16.7. The first-order chi connectivity index (χ1) is 12.2. The average molecular weight is 370 g/mol. The van der Waals surface area contributed by atoms with Crippen LogP contribution in [0.2, 0.25) is 0 Å². The highest BCUT2D eigenvalue weighted by Gasteiger charge is 2.22. The zero-order chi connectivity index (χ0) is 17.6. The van der Waals surface area contributed by atoms with Gasteiger partial charge in [-0.25, -0.2) is 4.99 Å². The van der Waals surface area contributed by atoms with Crippen LogP contribution < -0.4 is 4.74 Å². The molecule has 5 heteroatoms. The number of ether oxygens (including phenoxy) is 1. The lowest BCUT2D eigenvalue weighted by Crippen LogP contribution is -1.94. The largest absolute Gasteiger partial charge is 0.494 e. The molecule has 0 aromatic heterocycles. The highest BCUT2D eigenvalue weighted by Crippen LogP contribution is 2.33. The van der Waals surface area contributed by atoms with Crippen LogP contribution in [0.25, 0.3) is 6.08 Å². The summed E-state index contributed by atoms with van der Waals surface area (Å²) in [6.45, 7) is 4.61. The fraction of sp³-hybridized carbons (Fsp3) is 0.200. The van der Waals surface area contributed by atoms with Gasteiger partial charge in [-0.1, -0.05) is 48.2 Å². The predicted molar refractivity (Wildman–Crippen MR) is 108 cm³/mol. The molecule has 1 aliphatic heterocycles. The van der Waals surface area contributed by atoms with Gasteiger partial charge in [0.15, 0.2) is 0 Å². The molecule has 0 amide bonds. The van der Waals surface area contributed by atoms with E-state index in [0.29, 0.717) is 12.3 Å². The third-order valence-electron chi connectivity index (χ3n) is 3.61. The maximum atomic E-state index is 12.2. The van der Waals surface area contributed by atoms with Gasteiger partial charge in [0.05, 0.1) is 6.61 Å². The molecular formula is C20H19NO2S2. The average Bonchev–Trinajstić information content (AvgIpc) is 2.96. The van der Waals surface area contributed by atoms with Crippen LogP contribution in [0.4, 0.5) is 0 Å². The Hall–Kier alpha value is -1.98. The van der Waals surface area contributed by atoms with E-state index in [0.717, 1.165) is 27.0 Å². The Balaban J connectivity index is 1.71. The van der Waals surface area contributed by atoms with Crippen LogP contribution in [0.5, 0.6) is 5.75 Å². The molecule has 2 aromatic rings. The van der Waals surface area contributed by atoms with E-state index in [-0.39, 0.29) is 5.12 Å². The first-order valence-electron chi connectivity index (χ1n) is 8.08. The van der Waals surface area contributed by atoms with E-state index in [4.69, 9.17) is 4.74 Å². The smallest absolute Gasteiger partial charge is 0.244 e. The molecule has 0 atom stereocenters. The molecule has 0 saturated heterocycles. The minimum absolute atomic E-state index is 0.00194. The lowest BCUT2D eigenvalue weighted by molar-refractivity contribution is -0.107. The van der Waals surface area contributed by atoms with Gasteiger partial charge in [0.2, 0.25) is 5.12 Å². The summed E-state index contributed by atoms with van der Waals surface area (Å²) < 4.78 is 6.36. The first kappa shape index (κ1) is 17.8. The Labute approximate surface area is 156 Å². The number of aliphatic imine (C=N–C) groups is 1. The Morgan fingerprint density at radius 1 is 1.20 bits per heavy atom. The molecule has 0 fully saturated rings. The van der Waals surface area contributed by atoms with Gasteiger partial charge in [-0.05, 0) is 60.5 Å². The number of rotatable bonds is 5. The van der Waals surface area contributed by atoms with E-state index in [1.165, 1.54) is 17.3 Å². The standard InChI is InChI=1S/C20H19NO2S2/c1-3-23-18-10-9-16(11-14(18)2)12-17-19(22)25-20(21-17)24-13-15-7-5-4-6-8-15/h4-12H,3,13H2,1-2H3/b17-12-. The summed E-state index contributed by atoms with van der Waals surface area (Å²) in [6, 6.07) is 16.1. The topological polar surface area (TPSA) is 38.7 Å². The summed E-state index contributed by atoms with van der Waals surface area (Å²) in [7, 11) is 0. The molecule has 0 radical (unpaired) electrons. The minimum Gasteiger partial charge on any atom is -0.494 e. The van der Waals surface area contributed by atoms with Crippen molar-refractivity contribution < 1.29 is 9.53 Å². The Kier molecular flexibility index (Phi) is 6.00. The molecule has 0 aliphatic carbocycles. The fourth-order valence-corrected chi connectivity index (χ4v) is 4.21. The molecule has 0 N–H and O–H groups in total. The summed E-state index contributed by atoms with van der Waals surface area (Å²) in [5.41, 5.74) is 3.74. The highest BCUT2D eigenvalue weighted by molar-refractivity contribution is 8.45. The lowest BCUT2D eigenvalue weighted by atomic mass is 10.1. The van der Waals surface area contributed by atoms with Gasteiger partial charge in [0.1, 0.15) is 15.8 Å². The first-order valence-corrected chi connectivity index (χ1v) is 9.88. The third-order valence-corrected chi connectivity index (χ3v) is 5.69. The van der Waals surface area contributed by atoms with E-state index in [9.17, 15) is 4.79 Å². The predicted octanol–water partition coefficient (Wildman–Crippen LogP) is 5.30. The maximum absolute atomic E-state index is 12.2. The minimum atomic E-state index is 0.00194. The van der Waals surface area contributed by atoms with Crippen molar-refractivity contribution in [2.75, 3.05) is 6.61 Å². The van der Waals surface area contributed by atoms with Crippen LogP contribution in [-0.2, 0) is 10.5 Å². The van der Waals surface area contributed by atoms with Crippen LogP contribution >= 0.6 is 23.5 Å². The molecule has 2 aromatic carbocycles. The summed E-state index contributed by atoms with van der Waals surface area (Å²) in [5, 5.41) is 0.00194. The third kappa shape index (κ3) is 4.77. The van der Waals surface area contributed by atoms with Gasteiger partial charge in [0.25, 0.3) is 0 Å². The van der Waals surface area contributed by atoms with Crippen molar-refractivity contribution >= 4 is 39.1 Å². The quantitative estimate of drug-likeness (QED) is 0.671. The number of nitrogens with zero attached hydrogens (tertiary/aromatic N) is 1. The number of benzene rings is 2. The number of hydrogen-bond donors (Lipinski definition) is 0. The van der Waals surface area contributed by atoms with Gasteiger partial charge in [0, 0.05) is 5.75 Å². The molecule has 25 heavy (non-hydrogen) atoms. The van der Waals surface area contributed by atoms with Crippen molar-refractivity contribution in [1.29, 1.82) is 0 Å². The molecule has 0 spiro atoms. The monoisotopic (exact) mass is 369 g/mol. The van der Waals surface area contributed by atoms with Crippen molar-refractivity contribution in [2.24, 2.45) is 4.99 Å². The second kappa shape index (κ2) is 8.41. The van der Waals surface area contributed by atoms with Crippen molar-refractivity contribution in [2.45, 2.75) is 19.6 Å². The van der Waals surface area contributed by atoms with Crippen molar-refractivity contribution in [3.05, 3.63) is 70.9 Å². The molecular weight excluding hydrogens is 350 g/mol. The van der Waals surface area contributed by atoms with Crippen LogP contribution in [0, 0.1) is 6.92 Å². The molecule has 128 valence electrons. The van der Waals surface area contributed by atoms with Gasteiger partial charge in [-0.15, -0.1) is 0 Å². The van der Waals surface area contributed by atoms with Gasteiger partial charge in [-0.3, -0.25) is 4.79 Å². The van der Waals surface area contributed by atoms with Crippen LogP contribution in [0.1, 0.15) is 23.6 Å². The number of carbonyl (C=O) groups excluding carboxylic acids is 1. The summed E-state index contributed by atoms with van der Waals surface area (Å²) in [5.74, 6) is 1.69. The van der Waals surface area contributed by atoms with Gasteiger partial charge in [-0.2, -0.15) is 0 Å². The molecule has 1 heterocycles. The van der Waals surface area contributed by atoms with Crippen molar-refractivity contribution in [3.8, 4) is 5.75 Å². The Morgan fingerprint density at radius 2 is 2.00 bits per heavy atom. The lowest BCUT2D eigenvalue weighted by Gasteiger charge is -2.07. The maximum Gasteiger partial charge on any atom is 0.244 e. The van der Waals surface area contributed by atoms with Crippen LogP contribution in [0.15, 0.2) is 59.2 Å². The van der Waals surface area contributed by atoms with Gasteiger partial charge >= 0.3 is 0 Å². The normalized spacial score (nSPS) is 15.5. The molecule has 0 bridgehead atoms. The summed E-state index contributed by atoms with van der Waals surface area (Å²) in [6.07, 6.45) is 1.84. The molecule has 0 unspecified atom stereocenters. The second-order valence-corrected chi connectivity index (χ2v) is 7.71. The number of thioether (sulfide) groups is 2. The Morgan fingerprint density at radius 3 is 2.72 bits per heavy atom. The van der Waals surface area contributed by atoms with E-state index >= 15 is 0 Å². The number of aryl methyl sites for hydroxylation is 1. The van der Waals surface area contributed by atoms with Crippen molar-refractivity contribution in [3.63, 3.8) is 0 Å². The molecule has 3 nitrogen and oxygen atoms in total. The summed E-state index contributed by atoms with van der Waals surface area (Å²) >= 11 is 2.81. The Bertz CT molecular complexity index is 829. The number of carbonyl (C=O) groups is 1. The SMILES string of the molecule is CCOc1ccc(/C=C2\N=C(SCc3ccccc3)SC2=O)cc1C. The van der Waals surface area contributed by atoms with Crippen LogP contribution in [-0.4, -0.2) is 16.1 Å².